The fourth-order valence-electron chi connectivity index (χ4n) is 5.39. The third-order valence-electron chi connectivity index (χ3n) is 6.61. The Balaban J connectivity index is 1.51. The van der Waals surface area contributed by atoms with Crippen LogP contribution in [0.5, 0.6) is 0 Å². The van der Waals surface area contributed by atoms with Crippen molar-refractivity contribution < 1.29 is 14.4 Å². The maximum atomic E-state index is 12.8. The van der Waals surface area contributed by atoms with E-state index in [9.17, 15) is 14.4 Å². The van der Waals surface area contributed by atoms with Gasteiger partial charge in [0.05, 0.1) is 11.8 Å². The van der Waals surface area contributed by atoms with Crippen LogP contribution in [0.15, 0.2) is 16.6 Å². The zero-order chi connectivity index (χ0) is 19.3. The third kappa shape index (κ3) is 3.02. The first-order valence-electron chi connectivity index (χ1n) is 9.90. The van der Waals surface area contributed by atoms with Gasteiger partial charge in [0.15, 0.2) is 0 Å². The Morgan fingerprint density at radius 3 is 2.07 bits per heavy atom. The van der Waals surface area contributed by atoms with E-state index in [-0.39, 0.29) is 36.1 Å². The number of nitrogens with one attached hydrogen (secondary N) is 1. The number of rotatable bonds is 5. The van der Waals surface area contributed by atoms with Gasteiger partial charge in [-0.25, -0.2) is 0 Å². The van der Waals surface area contributed by atoms with E-state index in [4.69, 9.17) is 0 Å². The third-order valence-corrected chi connectivity index (χ3v) is 7.07. The lowest BCUT2D eigenvalue weighted by atomic mass is 9.81. The van der Waals surface area contributed by atoms with Crippen LogP contribution in [0.25, 0.3) is 0 Å². The summed E-state index contributed by atoms with van der Waals surface area (Å²) in [4.78, 5) is 39.5. The molecule has 3 fully saturated rings. The fraction of sp³-hybridized carbons (Fsp3) is 0.571. The summed E-state index contributed by atoms with van der Waals surface area (Å²) in [5.41, 5.74) is 2.90. The van der Waals surface area contributed by atoms with Gasteiger partial charge in [0.25, 0.3) is 0 Å². The number of benzene rings is 1. The minimum Gasteiger partial charge on any atom is -0.324 e. The standard InChI is InChI=1S/C21H25BrN2O3/c1-3-11-8-15(22)9-12(4-2)19(11)23-16(25)10-24-20(26)17-13-5-6-14(7-13)18(17)21(24)27/h8-9,13-14,17-18H,3-7,10H2,1-2H3,(H,23,25). The molecule has 144 valence electrons. The van der Waals surface area contributed by atoms with Gasteiger partial charge in [-0.1, -0.05) is 29.8 Å². The van der Waals surface area contributed by atoms with Crippen molar-refractivity contribution in [3.63, 3.8) is 0 Å². The topological polar surface area (TPSA) is 66.5 Å². The zero-order valence-corrected chi connectivity index (χ0v) is 17.3. The molecule has 1 N–H and O–H groups in total. The molecule has 27 heavy (non-hydrogen) atoms. The first kappa shape index (κ1) is 18.7. The van der Waals surface area contributed by atoms with Gasteiger partial charge in [-0.2, -0.15) is 0 Å². The number of anilines is 1. The van der Waals surface area contributed by atoms with E-state index in [1.54, 1.807) is 0 Å². The minimum absolute atomic E-state index is 0.130. The number of amides is 3. The first-order chi connectivity index (χ1) is 12.9. The molecule has 4 rings (SSSR count). The number of aryl methyl sites for hydroxylation is 2. The number of carbonyl (C=O) groups excluding carboxylic acids is 3. The van der Waals surface area contributed by atoms with Crippen LogP contribution in [-0.2, 0) is 27.2 Å². The Kier molecular flexibility index (Phi) is 4.87. The van der Waals surface area contributed by atoms with Crippen molar-refractivity contribution >= 4 is 39.3 Å². The van der Waals surface area contributed by atoms with Crippen LogP contribution in [0.2, 0.25) is 0 Å². The van der Waals surface area contributed by atoms with Gasteiger partial charge in [-0.15, -0.1) is 0 Å². The number of fused-ring (bicyclic) bond motifs is 5. The highest BCUT2D eigenvalue weighted by Crippen LogP contribution is 2.56. The Bertz CT molecular complexity index is 769. The number of hydrogen-bond donors (Lipinski definition) is 1. The van der Waals surface area contributed by atoms with Crippen molar-refractivity contribution in [3.8, 4) is 0 Å². The SMILES string of the molecule is CCc1cc(Br)cc(CC)c1NC(=O)CN1C(=O)C2C3CCC(C3)C2C1=O. The molecule has 4 unspecified atom stereocenters. The molecule has 2 aliphatic carbocycles. The quantitative estimate of drug-likeness (QED) is 0.723. The summed E-state index contributed by atoms with van der Waals surface area (Å²) in [6.07, 6.45) is 4.67. The summed E-state index contributed by atoms with van der Waals surface area (Å²) in [6.45, 7) is 3.91. The van der Waals surface area contributed by atoms with Crippen LogP contribution in [0, 0.1) is 23.7 Å². The molecule has 3 amide bonds. The van der Waals surface area contributed by atoms with E-state index in [1.807, 2.05) is 26.0 Å². The second kappa shape index (κ2) is 7.04. The van der Waals surface area contributed by atoms with Gasteiger partial charge >= 0.3 is 0 Å². The van der Waals surface area contributed by atoms with Crippen molar-refractivity contribution in [2.24, 2.45) is 23.7 Å². The lowest BCUT2D eigenvalue weighted by Crippen LogP contribution is -2.39. The second-order valence-electron chi connectivity index (χ2n) is 8.00. The number of halogens is 1. The highest BCUT2D eigenvalue weighted by Gasteiger charge is 2.60. The molecule has 5 nitrogen and oxygen atoms in total. The second-order valence-corrected chi connectivity index (χ2v) is 8.92. The highest BCUT2D eigenvalue weighted by atomic mass is 79.9. The summed E-state index contributed by atoms with van der Waals surface area (Å²) >= 11 is 3.52. The molecule has 3 aliphatic rings. The predicted octanol–water partition coefficient (Wildman–Crippen LogP) is 3.54. The Morgan fingerprint density at radius 2 is 1.59 bits per heavy atom. The Morgan fingerprint density at radius 1 is 1.07 bits per heavy atom. The van der Waals surface area contributed by atoms with E-state index >= 15 is 0 Å². The van der Waals surface area contributed by atoms with Gasteiger partial charge < -0.3 is 5.32 Å². The monoisotopic (exact) mass is 432 g/mol. The van der Waals surface area contributed by atoms with Gasteiger partial charge in [-0.3, -0.25) is 19.3 Å². The minimum atomic E-state index is -0.296. The maximum absolute atomic E-state index is 12.8. The highest BCUT2D eigenvalue weighted by molar-refractivity contribution is 9.10. The van der Waals surface area contributed by atoms with Crippen molar-refractivity contribution in [2.45, 2.75) is 46.0 Å². The van der Waals surface area contributed by atoms with E-state index in [0.717, 1.165) is 53.4 Å². The predicted molar refractivity (Wildman–Crippen MR) is 106 cm³/mol. The molecule has 0 radical (unpaired) electrons. The smallest absolute Gasteiger partial charge is 0.244 e. The number of imide groups is 1. The summed E-state index contributed by atoms with van der Waals surface area (Å²) < 4.78 is 0.988. The summed E-state index contributed by atoms with van der Waals surface area (Å²) in [5, 5.41) is 2.97. The van der Waals surface area contributed by atoms with Gasteiger partial charge in [0, 0.05) is 10.2 Å². The van der Waals surface area contributed by atoms with Gasteiger partial charge in [0.1, 0.15) is 6.54 Å². The maximum Gasteiger partial charge on any atom is 0.244 e. The first-order valence-corrected chi connectivity index (χ1v) is 10.7. The molecule has 1 heterocycles. The normalized spacial score (nSPS) is 28.8. The summed E-state index contributed by atoms with van der Waals surface area (Å²) in [5.74, 6) is -0.216. The van der Waals surface area contributed by atoms with Crippen LogP contribution in [-0.4, -0.2) is 29.2 Å². The van der Waals surface area contributed by atoms with E-state index in [0.29, 0.717) is 11.8 Å². The molecule has 1 saturated heterocycles. The average Bonchev–Trinajstić information content (AvgIpc) is 3.32. The number of likely N-dealkylation sites (tertiary alicyclic amines) is 1. The number of nitrogens with zero attached hydrogens (tertiary/aromatic N) is 1. The number of carbonyl (C=O) groups is 3. The van der Waals surface area contributed by atoms with Crippen LogP contribution in [0.4, 0.5) is 5.69 Å². The molecule has 0 spiro atoms. The summed E-state index contributed by atoms with van der Waals surface area (Å²) in [7, 11) is 0. The molecule has 1 aromatic rings. The van der Waals surface area contributed by atoms with E-state index in [1.165, 1.54) is 4.90 Å². The summed E-state index contributed by atoms with van der Waals surface area (Å²) in [6, 6.07) is 4.01. The van der Waals surface area contributed by atoms with Crippen LogP contribution in [0.1, 0.15) is 44.2 Å². The molecule has 6 heteroatoms. The zero-order valence-electron chi connectivity index (χ0n) is 15.8. The molecule has 4 atom stereocenters. The van der Waals surface area contributed by atoms with Gasteiger partial charge in [-0.05, 0) is 67.2 Å². The van der Waals surface area contributed by atoms with Crippen molar-refractivity contribution in [1.29, 1.82) is 0 Å². The van der Waals surface area contributed by atoms with Crippen LogP contribution >= 0.6 is 15.9 Å². The molecule has 0 aromatic heterocycles. The lowest BCUT2D eigenvalue weighted by Gasteiger charge is -2.19. The van der Waals surface area contributed by atoms with Crippen LogP contribution in [0.3, 0.4) is 0 Å². The largest absolute Gasteiger partial charge is 0.324 e. The van der Waals surface area contributed by atoms with Crippen molar-refractivity contribution in [3.05, 3.63) is 27.7 Å². The molecule has 1 aliphatic heterocycles. The molecular formula is C21H25BrN2O3. The average molecular weight is 433 g/mol. The Hall–Kier alpha value is -1.69. The molecule has 2 saturated carbocycles. The Labute approximate surface area is 168 Å². The van der Waals surface area contributed by atoms with Crippen molar-refractivity contribution in [1.82, 2.24) is 4.90 Å². The molecule has 2 bridgehead atoms. The molecular weight excluding hydrogens is 408 g/mol. The van der Waals surface area contributed by atoms with Crippen molar-refractivity contribution in [2.75, 3.05) is 11.9 Å². The van der Waals surface area contributed by atoms with E-state index < -0.39 is 0 Å². The van der Waals surface area contributed by atoms with Crippen LogP contribution < -0.4 is 5.32 Å². The fourth-order valence-corrected chi connectivity index (χ4v) is 5.94. The lowest BCUT2D eigenvalue weighted by molar-refractivity contribution is -0.143. The number of hydrogen-bond acceptors (Lipinski definition) is 3. The molecule has 1 aromatic carbocycles. The van der Waals surface area contributed by atoms with E-state index in [2.05, 4.69) is 21.2 Å². The van der Waals surface area contributed by atoms with Gasteiger partial charge in [0.2, 0.25) is 17.7 Å².